The number of pyridine rings is 1. The van der Waals surface area contributed by atoms with Gasteiger partial charge < -0.3 is 9.47 Å². The van der Waals surface area contributed by atoms with E-state index in [-0.39, 0.29) is 6.29 Å². The third-order valence-electron chi connectivity index (χ3n) is 1.22. The first-order valence-corrected chi connectivity index (χ1v) is 3.13. The minimum atomic E-state index is -0.0117. The Hall–Kier alpha value is -1.09. The normalized spacial score (nSPS) is 22.2. The quantitative estimate of drug-likeness (QED) is 0.566. The van der Waals surface area contributed by atoms with Crippen LogP contribution in [0.15, 0.2) is 24.5 Å². The first kappa shape index (κ1) is 5.68. The van der Waals surface area contributed by atoms with Crippen molar-refractivity contribution in [1.82, 2.24) is 4.98 Å². The molecule has 1 aliphatic heterocycles. The molecule has 0 bridgehead atoms. The number of hydrogen-bond acceptors (Lipinski definition) is 3. The van der Waals surface area contributed by atoms with Crippen LogP contribution in [0.3, 0.4) is 0 Å². The third kappa shape index (κ3) is 1.25. The highest BCUT2D eigenvalue weighted by molar-refractivity contribution is 5.17. The van der Waals surface area contributed by atoms with Crippen LogP contribution >= 0.6 is 0 Å². The molecule has 1 aromatic rings. The lowest BCUT2D eigenvalue weighted by atomic mass is 10.5. The van der Waals surface area contributed by atoms with Gasteiger partial charge in [-0.15, -0.1) is 0 Å². The predicted molar refractivity (Wildman–Crippen MR) is 34.6 cm³/mol. The van der Waals surface area contributed by atoms with Crippen LogP contribution in [0, 0.1) is 0 Å². The fourth-order valence-corrected chi connectivity index (χ4v) is 0.676. The number of aromatic nitrogens is 1. The molecule has 2 heterocycles. The lowest BCUT2D eigenvalue weighted by molar-refractivity contribution is 0.179. The molecule has 0 amide bonds. The number of rotatable bonds is 2. The van der Waals surface area contributed by atoms with E-state index in [9.17, 15) is 0 Å². The highest BCUT2D eigenvalue weighted by Crippen LogP contribution is 2.16. The van der Waals surface area contributed by atoms with E-state index in [0.29, 0.717) is 6.61 Å². The van der Waals surface area contributed by atoms with Gasteiger partial charge in [0.05, 0.1) is 0 Å². The van der Waals surface area contributed by atoms with Crippen LogP contribution in [-0.4, -0.2) is 17.9 Å². The summed E-state index contributed by atoms with van der Waals surface area (Å²) < 4.78 is 10.1. The molecule has 0 saturated carbocycles. The van der Waals surface area contributed by atoms with E-state index in [1.165, 1.54) is 0 Å². The van der Waals surface area contributed by atoms with Crippen molar-refractivity contribution in [2.24, 2.45) is 0 Å². The Bertz CT molecular complexity index is 208. The number of ether oxygens (including phenoxy) is 2. The number of hydrogen-bond donors (Lipinski definition) is 0. The Labute approximate surface area is 58.6 Å². The molecule has 0 unspecified atom stereocenters. The fraction of sp³-hybridized carbons (Fsp3) is 0.286. The lowest BCUT2D eigenvalue weighted by Gasteiger charge is -1.98. The van der Waals surface area contributed by atoms with Gasteiger partial charge in [0.25, 0.3) is 0 Å². The Balaban J connectivity index is 2.03. The van der Waals surface area contributed by atoms with Crippen LogP contribution in [0.2, 0.25) is 0 Å². The molecular formula is C7H7NO2. The largest absolute Gasteiger partial charge is 0.462 e. The summed E-state index contributed by atoms with van der Waals surface area (Å²) in [6.07, 6.45) is 3.37. The second-order valence-electron chi connectivity index (χ2n) is 2.06. The maximum Gasteiger partial charge on any atom is 0.223 e. The van der Waals surface area contributed by atoms with Crippen molar-refractivity contribution in [1.29, 1.82) is 0 Å². The Kier molecular flexibility index (Phi) is 1.29. The predicted octanol–water partition coefficient (Wildman–Crippen LogP) is 0.817. The second kappa shape index (κ2) is 2.27. The minimum absolute atomic E-state index is 0.0117. The van der Waals surface area contributed by atoms with E-state index in [4.69, 9.17) is 9.47 Å². The monoisotopic (exact) mass is 137 g/mol. The molecule has 10 heavy (non-hydrogen) atoms. The summed E-state index contributed by atoms with van der Waals surface area (Å²) in [5, 5.41) is 0. The van der Waals surface area contributed by atoms with Crippen molar-refractivity contribution in [3.05, 3.63) is 24.5 Å². The SMILES string of the molecule is c1cc(O[C@@H]2CO2)ccn1. The van der Waals surface area contributed by atoms with Crippen molar-refractivity contribution >= 4 is 0 Å². The van der Waals surface area contributed by atoms with Crippen LogP contribution in [0.25, 0.3) is 0 Å². The molecule has 1 saturated heterocycles. The van der Waals surface area contributed by atoms with E-state index in [2.05, 4.69) is 4.98 Å². The van der Waals surface area contributed by atoms with Crippen molar-refractivity contribution in [3.8, 4) is 5.75 Å². The van der Waals surface area contributed by atoms with Crippen molar-refractivity contribution in [2.75, 3.05) is 6.61 Å². The van der Waals surface area contributed by atoms with Crippen molar-refractivity contribution < 1.29 is 9.47 Å². The molecule has 52 valence electrons. The van der Waals surface area contributed by atoms with E-state index >= 15 is 0 Å². The molecular weight excluding hydrogens is 130 g/mol. The van der Waals surface area contributed by atoms with Gasteiger partial charge >= 0.3 is 0 Å². The zero-order valence-corrected chi connectivity index (χ0v) is 5.36. The molecule has 1 aromatic heterocycles. The van der Waals surface area contributed by atoms with Gasteiger partial charge in [0, 0.05) is 12.4 Å². The average molecular weight is 137 g/mol. The standard InChI is InChI=1S/C7H7NO2/c1-3-8-4-2-6(1)10-7-5-9-7/h1-4,7H,5H2/t7-/m1/s1. The summed E-state index contributed by atoms with van der Waals surface area (Å²) in [6, 6.07) is 3.61. The first-order valence-electron chi connectivity index (χ1n) is 3.13. The van der Waals surface area contributed by atoms with Crippen molar-refractivity contribution in [2.45, 2.75) is 6.29 Å². The van der Waals surface area contributed by atoms with Gasteiger partial charge in [0.15, 0.2) is 0 Å². The van der Waals surface area contributed by atoms with Gasteiger partial charge in [-0.2, -0.15) is 0 Å². The zero-order valence-electron chi connectivity index (χ0n) is 5.36. The molecule has 0 spiro atoms. The zero-order chi connectivity index (χ0) is 6.81. The maximum absolute atomic E-state index is 5.26. The third-order valence-corrected chi connectivity index (χ3v) is 1.22. The van der Waals surface area contributed by atoms with Crippen molar-refractivity contribution in [3.63, 3.8) is 0 Å². The van der Waals surface area contributed by atoms with Crippen LogP contribution in [0.1, 0.15) is 0 Å². The fourth-order valence-electron chi connectivity index (χ4n) is 0.676. The van der Waals surface area contributed by atoms with Gasteiger partial charge in [0.2, 0.25) is 6.29 Å². The molecule has 1 aliphatic rings. The maximum atomic E-state index is 5.26. The highest BCUT2D eigenvalue weighted by Gasteiger charge is 2.24. The molecule has 0 aromatic carbocycles. The van der Waals surface area contributed by atoms with E-state index in [1.807, 2.05) is 12.1 Å². The molecule has 2 rings (SSSR count). The van der Waals surface area contributed by atoms with Gasteiger partial charge in [-0.25, -0.2) is 0 Å². The van der Waals surface area contributed by atoms with Crippen LogP contribution in [-0.2, 0) is 4.74 Å². The summed E-state index contributed by atoms with van der Waals surface area (Å²) in [5.74, 6) is 0.817. The molecule has 1 atom stereocenters. The Morgan fingerprint density at radius 3 is 2.80 bits per heavy atom. The molecule has 3 heteroatoms. The molecule has 0 aliphatic carbocycles. The molecule has 0 radical (unpaired) electrons. The lowest BCUT2D eigenvalue weighted by Crippen LogP contribution is -1.96. The molecule has 0 N–H and O–H groups in total. The van der Waals surface area contributed by atoms with Gasteiger partial charge in [0.1, 0.15) is 12.4 Å². The van der Waals surface area contributed by atoms with E-state index < -0.39 is 0 Å². The first-order chi connectivity index (χ1) is 4.95. The van der Waals surface area contributed by atoms with Gasteiger partial charge in [-0.3, -0.25) is 4.98 Å². The summed E-state index contributed by atoms with van der Waals surface area (Å²) in [5.41, 5.74) is 0. The summed E-state index contributed by atoms with van der Waals surface area (Å²) in [7, 11) is 0. The summed E-state index contributed by atoms with van der Waals surface area (Å²) >= 11 is 0. The second-order valence-corrected chi connectivity index (χ2v) is 2.06. The highest BCUT2D eigenvalue weighted by atomic mass is 16.8. The Morgan fingerprint density at radius 2 is 2.20 bits per heavy atom. The number of epoxide rings is 1. The van der Waals surface area contributed by atoms with Crippen LogP contribution in [0.5, 0.6) is 5.75 Å². The average Bonchev–Trinajstić information content (AvgIpc) is 2.74. The van der Waals surface area contributed by atoms with E-state index in [1.54, 1.807) is 12.4 Å². The number of nitrogens with zero attached hydrogens (tertiary/aromatic N) is 1. The molecule has 1 fully saturated rings. The van der Waals surface area contributed by atoms with Gasteiger partial charge in [-0.1, -0.05) is 0 Å². The summed E-state index contributed by atoms with van der Waals surface area (Å²) in [6.45, 7) is 0.711. The topological polar surface area (TPSA) is 34.6 Å². The van der Waals surface area contributed by atoms with Crippen LogP contribution in [0.4, 0.5) is 0 Å². The van der Waals surface area contributed by atoms with Crippen LogP contribution < -0.4 is 4.74 Å². The molecule has 3 nitrogen and oxygen atoms in total. The van der Waals surface area contributed by atoms with Gasteiger partial charge in [-0.05, 0) is 12.1 Å². The van der Waals surface area contributed by atoms with E-state index in [0.717, 1.165) is 5.75 Å². The minimum Gasteiger partial charge on any atom is -0.462 e. The Morgan fingerprint density at radius 1 is 1.50 bits per heavy atom. The summed E-state index contributed by atoms with van der Waals surface area (Å²) in [4.78, 5) is 3.85. The smallest absolute Gasteiger partial charge is 0.223 e.